The number of aryl methyl sites for hydroxylation is 1. The molecule has 4 N–H and O–H groups in total. The number of nitrogens with zero attached hydrogens (tertiary/aromatic N) is 5. The van der Waals surface area contributed by atoms with Crippen LogP contribution in [0.2, 0.25) is 0 Å². The van der Waals surface area contributed by atoms with E-state index in [-0.39, 0.29) is 11.8 Å². The highest BCUT2D eigenvalue weighted by atomic mass is 16.5. The van der Waals surface area contributed by atoms with Gasteiger partial charge < -0.3 is 25.6 Å². The van der Waals surface area contributed by atoms with E-state index in [1.54, 1.807) is 19.4 Å². The standard InChI is InChI=1S/C25H31N9O2/c1-17-13-22(33-32-17)30-21-14-20(18-6-10-34(11-7-18)23(35)16-26-2)24(27-3)25(31-21)29-9-12-36-19-5-4-8-28-15-19/h4-5,8,13-15,18,26H,6-7,9-12,16H2,1-2H3,(H3,29,30,31,32,33). The van der Waals surface area contributed by atoms with Crippen molar-refractivity contribution in [2.75, 3.05) is 50.5 Å². The number of carbonyl (C=O) groups is 1. The second kappa shape index (κ2) is 12.0. The second-order valence-corrected chi connectivity index (χ2v) is 8.62. The molecule has 1 saturated heterocycles. The Kier molecular flexibility index (Phi) is 8.31. The highest BCUT2D eigenvalue weighted by Gasteiger charge is 2.27. The summed E-state index contributed by atoms with van der Waals surface area (Å²) in [6.07, 6.45) is 4.92. The summed E-state index contributed by atoms with van der Waals surface area (Å²) in [5.74, 6) is 2.68. The van der Waals surface area contributed by atoms with Crippen LogP contribution in [-0.4, -0.2) is 70.8 Å². The van der Waals surface area contributed by atoms with Gasteiger partial charge in [-0.2, -0.15) is 5.10 Å². The van der Waals surface area contributed by atoms with Crippen LogP contribution in [0.25, 0.3) is 4.85 Å². The quantitative estimate of drug-likeness (QED) is 0.253. The molecule has 1 aliphatic heterocycles. The summed E-state index contributed by atoms with van der Waals surface area (Å²) in [6, 6.07) is 7.49. The zero-order valence-corrected chi connectivity index (χ0v) is 20.5. The summed E-state index contributed by atoms with van der Waals surface area (Å²) < 4.78 is 5.73. The molecule has 4 heterocycles. The van der Waals surface area contributed by atoms with Crippen molar-refractivity contribution in [3.63, 3.8) is 0 Å². The molecule has 4 rings (SSSR count). The average molecular weight is 490 g/mol. The molecule has 11 heteroatoms. The number of nitrogens with one attached hydrogen (secondary N) is 4. The number of hydrogen-bond acceptors (Lipinski definition) is 8. The maximum atomic E-state index is 12.3. The van der Waals surface area contributed by atoms with Gasteiger partial charge in [0.25, 0.3) is 0 Å². The van der Waals surface area contributed by atoms with Crippen LogP contribution in [0.4, 0.5) is 23.1 Å². The van der Waals surface area contributed by atoms with E-state index in [2.05, 4.69) is 41.0 Å². The first kappa shape index (κ1) is 24.9. The fourth-order valence-electron chi connectivity index (χ4n) is 4.26. The Morgan fingerprint density at radius 1 is 1.31 bits per heavy atom. The molecule has 1 amide bonds. The van der Waals surface area contributed by atoms with Crippen LogP contribution in [0, 0.1) is 13.5 Å². The molecule has 0 unspecified atom stereocenters. The predicted octanol–water partition coefficient (Wildman–Crippen LogP) is 3.22. The molecular formula is C25H31N9O2. The van der Waals surface area contributed by atoms with Crippen molar-refractivity contribution in [2.45, 2.75) is 25.7 Å². The van der Waals surface area contributed by atoms with Crippen molar-refractivity contribution in [3.05, 3.63) is 59.3 Å². The summed E-state index contributed by atoms with van der Waals surface area (Å²) in [6.45, 7) is 12.3. The molecule has 11 nitrogen and oxygen atoms in total. The summed E-state index contributed by atoms with van der Waals surface area (Å²) in [7, 11) is 1.77. The van der Waals surface area contributed by atoms with Gasteiger partial charge in [0.05, 0.1) is 19.3 Å². The molecule has 0 radical (unpaired) electrons. The minimum Gasteiger partial charge on any atom is -0.490 e. The van der Waals surface area contributed by atoms with Gasteiger partial charge in [0.15, 0.2) is 5.82 Å². The summed E-state index contributed by atoms with van der Waals surface area (Å²) >= 11 is 0. The number of H-pyrrole nitrogens is 1. The Morgan fingerprint density at radius 2 is 2.14 bits per heavy atom. The van der Waals surface area contributed by atoms with Gasteiger partial charge in [0.2, 0.25) is 11.6 Å². The van der Waals surface area contributed by atoms with E-state index >= 15 is 0 Å². The maximum Gasteiger partial charge on any atom is 0.236 e. The average Bonchev–Trinajstić information content (AvgIpc) is 3.31. The summed E-state index contributed by atoms with van der Waals surface area (Å²) in [5.41, 5.74) is 2.35. The molecule has 3 aromatic rings. The van der Waals surface area contributed by atoms with Crippen LogP contribution in [0.3, 0.4) is 0 Å². The van der Waals surface area contributed by atoms with Gasteiger partial charge in [-0.25, -0.2) is 9.83 Å². The molecule has 0 bridgehead atoms. The predicted molar refractivity (Wildman–Crippen MR) is 138 cm³/mol. The van der Waals surface area contributed by atoms with Crippen LogP contribution >= 0.6 is 0 Å². The third-order valence-corrected chi connectivity index (χ3v) is 6.01. The Hall–Kier alpha value is -4.17. The van der Waals surface area contributed by atoms with Gasteiger partial charge in [-0.3, -0.25) is 14.9 Å². The van der Waals surface area contributed by atoms with Crippen LogP contribution < -0.4 is 20.7 Å². The molecule has 0 aliphatic carbocycles. The lowest BCUT2D eigenvalue weighted by Crippen LogP contribution is -2.41. The van der Waals surface area contributed by atoms with Crippen LogP contribution in [-0.2, 0) is 4.79 Å². The number of aromatic amines is 1. The molecular weight excluding hydrogens is 458 g/mol. The van der Waals surface area contributed by atoms with Crippen LogP contribution in [0.1, 0.15) is 30.0 Å². The fourth-order valence-corrected chi connectivity index (χ4v) is 4.26. The molecule has 0 spiro atoms. The van der Waals surface area contributed by atoms with Crippen molar-refractivity contribution < 1.29 is 9.53 Å². The van der Waals surface area contributed by atoms with Gasteiger partial charge in [-0.05, 0) is 56.5 Å². The molecule has 1 fully saturated rings. The number of anilines is 3. The molecule has 0 atom stereocenters. The Morgan fingerprint density at radius 3 is 2.81 bits per heavy atom. The first-order valence-electron chi connectivity index (χ1n) is 12.0. The van der Waals surface area contributed by atoms with E-state index in [4.69, 9.17) is 11.3 Å². The summed E-state index contributed by atoms with van der Waals surface area (Å²) in [5, 5.41) is 16.6. The lowest BCUT2D eigenvalue weighted by Gasteiger charge is -2.33. The smallest absolute Gasteiger partial charge is 0.236 e. The molecule has 0 saturated carbocycles. The molecule has 0 aromatic carbocycles. The van der Waals surface area contributed by atoms with Crippen molar-refractivity contribution in [1.29, 1.82) is 0 Å². The van der Waals surface area contributed by atoms with E-state index < -0.39 is 0 Å². The normalized spacial score (nSPS) is 13.8. The Balaban J connectivity index is 1.53. The van der Waals surface area contributed by atoms with Gasteiger partial charge >= 0.3 is 0 Å². The second-order valence-electron chi connectivity index (χ2n) is 8.62. The number of amides is 1. The lowest BCUT2D eigenvalue weighted by atomic mass is 9.88. The van der Waals surface area contributed by atoms with Gasteiger partial charge in [0, 0.05) is 37.6 Å². The third kappa shape index (κ3) is 6.28. The first-order valence-corrected chi connectivity index (χ1v) is 12.0. The number of carbonyl (C=O) groups excluding carboxylic acids is 1. The highest BCUT2D eigenvalue weighted by Crippen LogP contribution is 2.40. The van der Waals surface area contributed by atoms with Crippen LogP contribution in [0.5, 0.6) is 5.75 Å². The number of rotatable bonds is 10. The maximum absolute atomic E-state index is 12.3. The zero-order chi connectivity index (χ0) is 25.3. The summed E-state index contributed by atoms with van der Waals surface area (Å²) in [4.78, 5) is 26.8. The van der Waals surface area contributed by atoms with Gasteiger partial charge in [-0.1, -0.05) is 0 Å². The first-order chi connectivity index (χ1) is 17.6. The number of likely N-dealkylation sites (tertiary alicyclic amines) is 1. The van der Waals surface area contributed by atoms with Crippen LogP contribution in [0.15, 0.2) is 36.7 Å². The third-order valence-electron chi connectivity index (χ3n) is 6.01. The van der Waals surface area contributed by atoms with E-state index in [1.807, 2.05) is 36.1 Å². The highest BCUT2D eigenvalue weighted by molar-refractivity contribution is 5.78. The lowest BCUT2D eigenvalue weighted by molar-refractivity contribution is -0.131. The van der Waals surface area contributed by atoms with Crippen molar-refractivity contribution >= 4 is 29.0 Å². The Labute approximate surface area is 210 Å². The van der Waals surface area contributed by atoms with E-state index in [9.17, 15) is 4.79 Å². The monoisotopic (exact) mass is 489 g/mol. The topological polar surface area (TPSA) is 124 Å². The minimum atomic E-state index is 0.100. The van der Waals surface area contributed by atoms with E-state index in [0.717, 1.165) is 24.1 Å². The number of pyridine rings is 2. The minimum absolute atomic E-state index is 0.100. The molecule has 1 aliphatic rings. The van der Waals surface area contributed by atoms with E-state index in [0.29, 0.717) is 61.7 Å². The number of hydrogen-bond donors (Lipinski definition) is 4. The van der Waals surface area contributed by atoms with Crippen molar-refractivity contribution in [3.8, 4) is 5.75 Å². The van der Waals surface area contributed by atoms with Crippen molar-refractivity contribution in [1.82, 2.24) is 30.4 Å². The Bertz CT molecular complexity index is 1200. The number of piperidine rings is 1. The molecule has 36 heavy (non-hydrogen) atoms. The number of ether oxygens (including phenoxy) is 1. The molecule has 3 aromatic heterocycles. The van der Waals surface area contributed by atoms with Gasteiger partial charge in [0.1, 0.15) is 24.0 Å². The van der Waals surface area contributed by atoms with Gasteiger partial charge in [-0.15, -0.1) is 0 Å². The number of likely N-dealkylation sites (N-methyl/N-ethyl adjacent to an activating group) is 1. The molecule has 188 valence electrons. The van der Waals surface area contributed by atoms with E-state index in [1.165, 1.54) is 0 Å². The SMILES string of the molecule is [C-]#[N+]c1c(C2CCN(C(=O)CNC)CC2)cc(Nc2cc(C)[nH]n2)nc1NCCOc1cccnc1. The largest absolute Gasteiger partial charge is 0.490 e. The zero-order valence-electron chi connectivity index (χ0n) is 20.5. The van der Waals surface area contributed by atoms with Crippen molar-refractivity contribution in [2.24, 2.45) is 0 Å². The fraction of sp³-hybridized carbons (Fsp3) is 0.400. The number of aromatic nitrogens is 4.